The molecule has 0 aliphatic heterocycles. The average molecular weight is 142 g/mol. The standard InChI is InChI=1S/C8H7BN2/c9-8-2-1-6(4-10)7(3-8)5-11/h3,6-7H,1-2H2. The van der Waals surface area contributed by atoms with Crippen molar-refractivity contribution >= 4 is 7.85 Å². The Balaban J connectivity index is 2.79. The van der Waals surface area contributed by atoms with Gasteiger partial charge in [-0.25, -0.2) is 0 Å². The van der Waals surface area contributed by atoms with Gasteiger partial charge in [0.05, 0.1) is 24.0 Å². The molecule has 2 radical (unpaired) electrons. The zero-order valence-electron chi connectivity index (χ0n) is 6.12. The van der Waals surface area contributed by atoms with Crippen molar-refractivity contribution in [2.24, 2.45) is 11.8 Å². The number of nitriles is 2. The molecule has 0 saturated heterocycles. The highest BCUT2D eigenvalue weighted by molar-refractivity contribution is 6.21. The van der Waals surface area contributed by atoms with Gasteiger partial charge in [0.1, 0.15) is 7.85 Å². The fourth-order valence-corrected chi connectivity index (χ4v) is 1.20. The van der Waals surface area contributed by atoms with E-state index in [9.17, 15) is 0 Å². The van der Waals surface area contributed by atoms with Crippen LogP contribution in [-0.4, -0.2) is 7.85 Å². The van der Waals surface area contributed by atoms with Crippen LogP contribution in [0.3, 0.4) is 0 Å². The predicted molar refractivity (Wildman–Crippen MR) is 41.3 cm³/mol. The lowest BCUT2D eigenvalue weighted by atomic mass is 9.76. The van der Waals surface area contributed by atoms with Crippen molar-refractivity contribution in [3.8, 4) is 12.1 Å². The van der Waals surface area contributed by atoms with Gasteiger partial charge >= 0.3 is 0 Å². The SMILES string of the molecule is [B]C1=CC(C#N)C(C#N)CC1. The van der Waals surface area contributed by atoms with Crippen molar-refractivity contribution in [1.82, 2.24) is 0 Å². The molecule has 0 bridgehead atoms. The molecule has 3 heteroatoms. The minimum absolute atomic E-state index is 0.160. The lowest BCUT2D eigenvalue weighted by Crippen LogP contribution is -2.14. The first kappa shape index (κ1) is 7.89. The molecule has 2 nitrogen and oxygen atoms in total. The maximum absolute atomic E-state index is 8.61. The number of hydrogen-bond acceptors (Lipinski definition) is 2. The zero-order chi connectivity index (χ0) is 8.27. The van der Waals surface area contributed by atoms with Crippen molar-refractivity contribution in [1.29, 1.82) is 10.5 Å². The summed E-state index contributed by atoms with van der Waals surface area (Å²) in [7, 11) is 5.52. The third kappa shape index (κ3) is 1.62. The summed E-state index contributed by atoms with van der Waals surface area (Å²) >= 11 is 0. The van der Waals surface area contributed by atoms with Crippen LogP contribution in [0.1, 0.15) is 12.8 Å². The highest BCUT2D eigenvalue weighted by Crippen LogP contribution is 2.26. The first-order valence-corrected chi connectivity index (χ1v) is 3.53. The molecule has 0 aromatic rings. The second kappa shape index (κ2) is 3.26. The van der Waals surface area contributed by atoms with E-state index < -0.39 is 0 Å². The Labute approximate surface area is 67.5 Å². The summed E-state index contributed by atoms with van der Waals surface area (Å²) in [5.74, 6) is -0.457. The third-order valence-electron chi connectivity index (χ3n) is 1.89. The molecule has 11 heavy (non-hydrogen) atoms. The average Bonchev–Trinajstić information content (AvgIpc) is 2.04. The zero-order valence-corrected chi connectivity index (χ0v) is 6.12. The van der Waals surface area contributed by atoms with E-state index >= 15 is 0 Å². The van der Waals surface area contributed by atoms with Gasteiger partial charge in [-0.3, -0.25) is 0 Å². The molecule has 0 spiro atoms. The van der Waals surface area contributed by atoms with Crippen LogP contribution in [0.2, 0.25) is 0 Å². The van der Waals surface area contributed by atoms with Crippen LogP contribution in [-0.2, 0) is 0 Å². The van der Waals surface area contributed by atoms with Crippen LogP contribution in [0.25, 0.3) is 0 Å². The maximum Gasteiger partial charge on any atom is 0.107 e. The summed E-state index contributed by atoms with van der Waals surface area (Å²) in [6.45, 7) is 0. The normalized spacial score (nSPS) is 29.8. The third-order valence-corrected chi connectivity index (χ3v) is 1.89. The highest BCUT2D eigenvalue weighted by Gasteiger charge is 2.22. The Morgan fingerprint density at radius 1 is 1.45 bits per heavy atom. The van der Waals surface area contributed by atoms with E-state index in [1.165, 1.54) is 0 Å². The lowest BCUT2D eigenvalue weighted by Gasteiger charge is -2.18. The molecule has 0 aromatic heterocycles. The van der Waals surface area contributed by atoms with Crippen molar-refractivity contribution < 1.29 is 0 Å². The van der Waals surface area contributed by atoms with Crippen LogP contribution in [0.5, 0.6) is 0 Å². The van der Waals surface area contributed by atoms with Crippen molar-refractivity contribution in [3.63, 3.8) is 0 Å². The number of nitrogens with zero attached hydrogens (tertiary/aromatic N) is 2. The number of hydrogen-bond donors (Lipinski definition) is 0. The Hall–Kier alpha value is -1.22. The molecule has 2 atom stereocenters. The van der Waals surface area contributed by atoms with Gasteiger partial charge in [-0.1, -0.05) is 6.08 Å². The van der Waals surface area contributed by atoms with Gasteiger partial charge in [0.2, 0.25) is 0 Å². The second-order valence-corrected chi connectivity index (χ2v) is 2.67. The first-order valence-electron chi connectivity index (χ1n) is 3.53. The maximum atomic E-state index is 8.61. The van der Waals surface area contributed by atoms with Gasteiger partial charge in [0.25, 0.3) is 0 Å². The van der Waals surface area contributed by atoms with Crippen molar-refractivity contribution in [3.05, 3.63) is 11.5 Å². The van der Waals surface area contributed by atoms with E-state index in [0.29, 0.717) is 0 Å². The van der Waals surface area contributed by atoms with Crippen LogP contribution in [0, 0.1) is 34.5 Å². The monoisotopic (exact) mass is 142 g/mol. The van der Waals surface area contributed by atoms with E-state index in [1.807, 2.05) is 0 Å². The van der Waals surface area contributed by atoms with Gasteiger partial charge in [-0.15, -0.1) is 5.47 Å². The molecule has 0 aromatic carbocycles. The Morgan fingerprint density at radius 3 is 2.73 bits per heavy atom. The Kier molecular flexibility index (Phi) is 2.34. The van der Waals surface area contributed by atoms with Gasteiger partial charge in [-0.2, -0.15) is 10.5 Å². The van der Waals surface area contributed by atoms with Crippen LogP contribution < -0.4 is 0 Å². The summed E-state index contributed by atoms with van der Waals surface area (Å²) in [5, 5.41) is 17.2. The predicted octanol–water partition coefficient (Wildman–Crippen LogP) is 1.11. The topological polar surface area (TPSA) is 47.6 Å². The van der Waals surface area contributed by atoms with E-state index in [0.717, 1.165) is 18.3 Å². The highest BCUT2D eigenvalue weighted by atomic mass is 14.3. The summed E-state index contributed by atoms with van der Waals surface area (Å²) in [6, 6.07) is 4.16. The molecule has 0 fully saturated rings. The summed E-state index contributed by atoms with van der Waals surface area (Å²) in [4.78, 5) is 0. The van der Waals surface area contributed by atoms with Crippen LogP contribution in [0.15, 0.2) is 11.5 Å². The molecule has 1 aliphatic rings. The Morgan fingerprint density at radius 2 is 2.18 bits per heavy atom. The van der Waals surface area contributed by atoms with Gasteiger partial charge < -0.3 is 0 Å². The molecular formula is C8H7BN2. The molecule has 0 heterocycles. The van der Waals surface area contributed by atoms with E-state index in [4.69, 9.17) is 18.4 Å². The van der Waals surface area contributed by atoms with Crippen LogP contribution >= 0.6 is 0 Å². The quantitative estimate of drug-likeness (QED) is 0.475. The largest absolute Gasteiger partial charge is 0.198 e. The smallest absolute Gasteiger partial charge is 0.107 e. The van der Waals surface area contributed by atoms with E-state index in [-0.39, 0.29) is 11.8 Å². The fraction of sp³-hybridized carbons (Fsp3) is 0.500. The Bertz CT molecular complexity index is 256. The minimum Gasteiger partial charge on any atom is -0.198 e. The molecular weight excluding hydrogens is 135 g/mol. The van der Waals surface area contributed by atoms with Gasteiger partial charge in [-0.05, 0) is 12.8 Å². The molecule has 0 amide bonds. The van der Waals surface area contributed by atoms with Crippen molar-refractivity contribution in [2.75, 3.05) is 0 Å². The molecule has 2 unspecified atom stereocenters. The van der Waals surface area contributed by atoms with E-state index in [2.05, 4.69) is 12.1 Å². The lowest BCUT2D eigenvalue weighted by molar-refractivity contribution is 0.511. The van der Waals surface area contributed by atoms with Gasteiger partial charge in [0.15, 0.2) is 0 Å². The van der Waals surface area contributed by atoms with Gasteiger partial charge in [0, 0.05) is 0 Å². The summed E-state index contributed by atoms with van der Waals surface area (Å²) in [5.41, 5.74) is 0.739. The van der Waals surface area contributed by atoms with E-state index in [1.54, 1.807) is 6.08 Å². The first-order chi connectivity index (χ1) is 5.27. The van der Waals surface area contributed by atoms with Crippen molar-refractivity contribution in [2.45, 2.75) is 12.8 Å². The minimum atomic E-state index is -0.297. The molecule has 52 valence electrons. The molecule has 1 aliphatic carbocycles. The number of allylic oxidation sites excluding steroid dienone is 2. The molecule has 0 N–H and O–H groups in total. The molecule has 0 saturated carbocycles. The van der Waals surface area contributed by atoms with Crippen LogP contribution in [0.4, 0.5) is 0 Å². The summed E-state index contributed by atoms with van der Waals surface area (Å²) < 4.78 is 0. The number of rotatable bonds is 0. The second-order valence-electron chi connectivity index (χ2n) is 2.67. The molecule has 1 rings (SSSR count). The summed E-state index contributed by atoms with van der Waals surface area (Å²) in [6.07, 6.45) is 3.16. The fourth-order valence-electron chi connectivity index (χ4n) is 1.20.